The van der Waals surface area contributed by atoms with Gasteiger partial charge in [0.15, 0.2) is 0 Å². The number of non-ortho nitro benzene ring substituents is 1. The third-order valence-electron chi connectivity index (χ3n) is 1.37. The van der Waals surface area contributed by atoms with Crippen molar-refractivity contribution < 1.29 is 4.92 Å². The van der Waals surface area contributed by atoms with E-state index in [1.807, 2.05) is 0 Å². The van der Waals surface area contributed by atoms with Gasteiger partial charge in [-0.15, -0.1) is 0 Å². The maximum Gasteiger partial charge on any atom is 0.270 e. The minimum Gasteiger partial charge on any atom is -0.258 e. The molecule has 0 fully saturated rings. The highest BCUT2D eigenvalue weighted by Crippen LogP contribution is 2.20. The van der Waals surface area contributed by atoms with Crippen LogP contribution < -0.4 is 0 Å². The molecule has 0 aliphatic rings. The molecule has 0 atom stereocenters. The number of halogens is 1. The summed E-state index contributed by atoms with van der Waals surface area (Å²) in [4.78, 5) is 9.84. The molecule has 0 saturated carbocycles. The van der Waals surface area contributed by atoms with E-state index in [0.29, 0.717) is 10.6 Å². The molecule has 0 bridgehead atoms. The molecule has 0 spiro atoms. The maximum atomic E-state index is 10.3. The minimum atomic E-state index is -0.469. The first-order valence-electron chi connectivity index (χ1n) is 3.20. The van der Waals surface area contributed by atoms with Gasteiger partial charge in [0.2, 0.25) is 0 Å². The number of nitro groups is 1. The molecule has 1 rings (SSSR count). The first kappa shape index (κ1) is 8.74. The van der Waals surface area contributed by atoms with Crippen LogP contribution >= 0.6 is 11.6 Å². The van der Waals surface area contributed by atoms with Crippen LogP contribution in [0, 0.1) is 10.1 Å². The van der Waals surface area contributed by atoms with Crippen molar-refractivity contribution >= 4 is 22.3 Å². The van der Waals surface area contributed by atoms with Gasteiger partial charge in [-0.25, -0.2) is 0 Å². The van der Waals surface area contributed by atoms with Crippen LogP contribution in [0.4, 0.5) is 5.69 Å². The number of benzene rings is 1. The lowest BCUT2D eigenvalue weighted by Crippen LogP contribution is -1.87. The number of nitro benzene ring substituents is 1. The Morgan fingerprint density at radius 2 is 2.25 bits per heavy atom. The van der Waals surface area contributed by atoms with Crippen molar-refractivity contribution in [3.05, 3.63) is 46.5 Å². The molecule has 0 radical (unpaired) electrons. The molecule has 62 valence electrons. The van der Waals surface area contributed by atoms with E-state index in [2.05, 4.69) is 6.58 Å². The standard InChI is InChI=1S/C8H6ClNO2/c1-6(9)7-3-2-4-8(5-7)10(11)12/h2-5H,1H2. The van der Waals surface area contributed by atoms with Crippen molar-refractivity contribution in [3.8, 4) is 0 Å². The second-order valence-electron chi connectivity index (χ2n) is 2.21. The zero-order valence-corrected chi connectivity index (χ0v) is 6.91. The van der Waals surface area contributed by atoms with Crippen molar-refractivity contribution in [1.29, 1.82) is 0 Å². The van der Waals surface area contributed by atoms with E-state index in [1.165, 1.54) is 12.1 Å². The third kappa shape index (κ3) is 1.83. The lowest BCUT2D eigenvalue weighted by atomic mass is 10.2. The predicted molar refractivity (Wildman–Crippen MR) is 48.0 cm³/mol. The Kier molecular flexibility index (Phi) is 2.45. The molecule has 0 unspecified atom stereocenters. The third-order valence-corrected chi connectivity index (χ3v) is 1.59. The van der Waals surface area contributed by atoms with Gasteiger partial charge in [-0.05, 0) is 5.56 Å². The summed E-state index contributed by atoms with van der Waals surface area (Å²) in [7, 11) is 0. The van der Waals surface area contributed by atoms with Crippen molar-refractivity contribution in [2.75, 3.05) is 0 Å². The number of rotatable bonds is 2. The SMILES string of the molecule is C=C(Cl)c1cccc([N+](=O)[O-])c1. The summed E-state index contributed by atoms with van der Waals surface area (Å²) in [6.07, 6.45) is 0. The highest BCUT2D eigenvalue weighted by atomic mass is 35.5. The van der Waals surface area contributed by atoms with Crippen LogP contribution in [0.3, 0.4) is 0 Å². The van der Waals surface area contributed by atoms with Crippen LogP contribution in [0.5, 0.6) is 0 Å². The zero-order chi connectivity index (χ0) is 9.14. The fourth-order valence-corrected chi connectivity index (χ4v) is 0.906. The molecule has 0 aliphatic heterocycles. The number of hydrogen-bond acceptors (Lipinski definition) is 2. The smallest absolute Gasteiger partial charge is 0.258 e. The molecule has 3 nitrogen and oxygen atoms in total. The highest BCUT2D eigenvalue weighted by molar-refractivity contribution is 6.48. The lowest BCUT2D eigenvalue weighted by molar-refractivity contribution is -0.384. The molecule has 1 aromatic rings. The molecule has 1 aromatic carbocycles. The predicted octanol–water partition coefficient (Wildman–Crippen LogP) is 2.80. The van der Waals surface area contributed by atoms with Gasteiger partial charge >= 0.3 is 0 Å². The van der Waals surface area contributed by atoms with E-state index in [0.717, 1.165) is 0 Å². The number of nitrogens with zero attached hydrogens (tertiary/aromatic N) is 1. The van der Waals surface area contributed by atoms with Crippen molar-refractivity contribution in [2.45, 2.75) is 0 Å². The first-order chi connectivity index (χ1) is 5.61. The van der Waals surface area contributed by atoms with E-state index in [4.69, 9.17) is 11.6 Å². The summed E-state index contributed by atoms with van der Waals surface area (Å²) in [5.74, 6) is 0. The summed E-state index contributed by atoms with van der Waals surface area (Å²) in [5, 5.41) is 10.6. The molecule has 4 heteroatoms. The van der Waals surface area contributed by atoms with Crippen LogP contribution in [0.2, 0.25) is 0 Å². The Bertz CT molecular complexity index is 306. The molecule has 0 heterocycles. The van der Waals surface area contributed by atoms with E-state index < -0.39 is 4.92 Å². The monoisotopic (exact) mass is 183 g/mol. The van der Waals surface area contributed by atoms with Crippen molar-refractivity contribution in [2.24, 2.45) is 0 Å². The molecule has 0 aliphatic carbocycles. The fraction of sp³-hybridized carbons (Fsp3) is 0. The topological polar surface area (TPSA) is 43.1 Å². The van der Waals surface area contributed by atoms with Crippen LogP contribution in [-0.2, 0) is 0 Å². The van der Waals surface area contributed by atoms with Gasteiger partial charge in [0.25, 0.3) is 5.69 Å². The molecule has 0 N–H and O–H groups in total. The average Bonchev–Trinajstić information content (AvgIpc) is 2.04. The van der Waals surface area contributed by atoms with Crippen molar-refractivity contribution in [1.82, 2.24) is 0 Å². The Morgan fingerprint density at radius 3 is 2.75 bits per heavy atom. The second-order valence-corrected chi connectivity index (χ2v) is 2.67. The van der Waals surface area contributed by atoms with Crippen LogP contribution in [0.1, 0.15) is 5.56 Å². The molecule has 12 heavy (non-hydrogen) atoms. The van der Waals surface area contributed by atoms with Crippen LogP contribution in [0.25, 0.3) is 5.03 Å². The van der Waals surface area contributed by atoms with E-state index in [-0.39, 0.29) is 5.69 Å². The molecule has 0 amide bonds. The molecular weight excluding hydrogens is 178 g/mol. The largest absolute Gasteiger partial charge is 0.270 e. The summed E-state index contributed by atoms with van der Waals surface area (Å²) >= 11 is 5.56. The Labute approximate surface area is 74.4 Å². The Morgan fingerprint density at radius 1 is 1.58 bits per heavy atom. The van der Waals surface area contributed by atoms with Crippen LogP contribution in [-0.4, -0.2) is 4.92 Å². The second kappa shape index (κ2) is 3.36. The molecule has 0 aromatic heterocycles. The maximum absolute atomic E-state index is 10.3. The summed E-state index contributed by atoms with van der Waals surface area (Å²) in [5.41, 5.74) is 0.597. The van der Waals surface area contributed by atoms with Gasteiger partial charge in [0.05, 0.1) is 4.92 Å². The summed E-state index contributed by atoms with van der Waals surface area (Å²) < 4.78 is 0. The van der Waals surface area contributed by atoms with Gasteiger partial charge in [-0.3, -0.25) is 10.1 Å². The quantitative estimate of drug-likeness (QED) is 0.523. The Balaban J connectivity index is 3.12. The molecular formula is C8H6ClNO2. The minimum absolute atomic E-state index is 0.0225. The van der Waals surface area contributed by atoms with E-state index in [1.54, 1.807) is 12.1 Å². The lowest BCUT2D eigenvalue weighted by Gasteiger charge is -1.95. The van der Waals surface area contributed by atoms with E-state index >= 15 is 0 Å². The van der Waals surface area contributed by atoms with Gasteiger partial charge in [-0.2, -0.15) is 0 Å². The summed E-state index contributed by atoms with van der Waals surface area (Å²) in [6, 6.07) is 6.03. The normalized spacial score (nSPS) is 9.42. The fourth-order valence-electron chi connectivity index (χ4n) is 0.788. The van der Waals surface area contributed by atoms with Gasteiger partial charge in [0, 0.05) is 17.2 Å². The van der Waals surface area contributed by atoms with Crippen LogP contribution in [0.15, 0.2) is 30.8 Å². The van der Waals surface area contributed by atoms with Gasteiger partial charge < -0.3 is 0 Å². The molecule has 0 saturated heterocycles. The highest BCUT2D eigenvalue weighted by Gasteiger charge is 2.05. The average molecular weight is 184 g/mol. The number of hydrogen-bond donors (Lipinski definition) is 0. The first-order valence-corrected chi connectivity index (χ1v) is 3.58. The van der Waals surface area contributed by atoms with Gasteiger partial charge in [0.1, 0.15) is 0 Å². The Hall–Kier alpha value is -1.35. The van der Waals surface area contributed by atoms with Crippen molar-refractivity contribution in [3.63, 3.8) is 0 Å². The summed E-state index contributed by atoms with van der Waals surface area (Å²) in [6.45, 7) is 3.47. The van der Waals surface area contributed by atoms with E-state index in [9.17, 15) is 10.1 Å². The zero-order valence-electron chi connectivity index (χ0n) is 6.16. The van der Waals surface area contributed by atoms with Gasteiger partial charge in [-0.1, -0.05) is 30.3 Å².